The number of anilines is 1. The second-order valence-corrected chi connectivity index (χ2v) is 10.3. The van der Waals surface area contributed by atoms with Crippen molar-refractivity contribution in [3.8, 4) is 0 Å². The number of aryl methyl sites for hydroxylation is 1. The van der Waals surface area contributed by atoms with Crippen LogP contribution in [-0.4, -0.2) is 51.3 Å². The van der Waals surface area contributed by atoms with Gasteiger partial charge in [0.05, 0.1) is 10.6 Å². The average molecular weight is 508 g/mol. The number of likely N-dealkylation sites (N-methyl/N-ethyl adjacent to an activating group) is 1. The van der Waals surface area contributed by atoms with Crippen LogP contribution >= 0.6 is 0 Å². The van der Waals surface area contributed by atoms with Gasteiger partial charge in [-0.1, -0.05) is 67.6 Å². The maximum absolute atomic E-state index is 13.7. The molecule has 0 aliphatic carbocycles. The van der Waals surface area contributed by atoms with E-state index in [0.29, 0.717) is 12.1 Å². The molecule has 0 aliphatic heterocycles. The number of nitrogens with zero attached hydrogens (tertiary/aromatic N) is 2. The molecule has 190 valence electrons. The molecule has 7 nitrogen and oxygen atoms in total. The molecule has 3 rings (SSSR count). The summed E-state index contributed by atoms with van der Waals surface area (Å²) < 4.78 is 28.4. The largest absolute Gasteiger partial charge is 0.357 e. The fraction of sp³-hybridized carbons (Fsp3) is 0.286. The summed E-state index contributed by atoms with van der Waals surface area (Å²) in [4.78, 5) is 27.7. The van der Waals surface area contributed by atoms with E-state index in [-0.39, 0.29) is 17.3 Å². The summed E-state index contributed by atoms with van der Waals surface area (Å²) in [6.45, 7) is 3.50. The first-order chi connectivity index (χ1) is 17.3. The Kier molecular flexibility index (Phi) is 9.25. The molecule has 2 amide bonds. The third-order valence-corrected chi connectivity index (χ3v) is 7.93. The topological polar surface area (TPSA) is 86.8 Å². The summed E-state index contributed by atoms with van der Waals surface area (Å²) in [7, 11) is -2.52. The summed E-state index contributed by atoms with van der Waals surface area (Å²) in [6.07, 6.45) is 1.34. The van der Waals surface area contributed by atoms with Gasteiger partial charge in [0.2, 0.25) is 11.8 Å². The fourth-order valence-corrected chi connectivity index (χ4v) is 5.36. The Morgan fingerprint density at radius 2 is 1.44 bits per heavy atom. The molecule has 0 radical (unpaired) electrons. The third kappa shape index (κ3) is 6.51. The minimum Gasteiger partial charge on any atom is -0.357 e. The number of hydrogen-bond acceptors (Lipinski definition) is 4. The highest BCUT2D eigenvalue weighted by Gasteiger charge is 2.32. The number of carbonyl (C=O) groups is 2. The van der Waals surface area contributed by atoms with E-state index >= 15 is 0 Å². The molecule has 1 unspecified atom stereocenters. The van der Waals surface area contributed by atoms with E-state index in [2.05, 4.69) is 5.32 Å². The number of carbonyl (C=O) groups excluding carboxylic acids is 2. The Morgan fingerprint density at radius 1 is 0.861 bits per heavy atom. The average Bonchev–Trinajstić information content (AvgIpc) is 2.92. The molecule has 0 aliphatic rings. The molecule has 0 spiro atoms. The molecule has 0 saturated carbocycles. The summed E-state index contributed by atoms with van der Waals surface area (Å²) in [5.74, 6) is -0.776. The number of hydrogen-bond donors (Lipinski definition) is 1. The lowest BCUT2D eigenvalue weighted by atomic mass is 10.1. The number of benzene rings is 3. The van der Waals surface area contributed by atoms with Gasteiger partial charge in [0, 0.05) is 13.6 Å². The van der Waals surface area contributed by atoms with Crippen molar-refractivity contribution in [3.05, 3.63) is 96.1 Å². The predicted octanol–water partition coefficient (Wildman–Crippen LogP) is 3.65. The Balaban J connectivity index is 1.96. The van der Waals surface area contributed by atoms with Gasteiger partial charge in [-0.3, -0.25) is 13.9 Å². The summed E-state index contributed by atoms with van der Waals surface area (Å²) in [5.41, 5.74) is 2.46. The van der Waals surface area contributed by atoms with Crippen molar-refractivity contribution in [2.45, 2.75) is 37.6 Å². The molecule has 3 aromatic rings. The van der Waals surface area contributed by atoms with Crippen LogP contribution in [-0.2, 0) is 32.5 Å². The molecule has 0 bridgehead atoms. The van der Waals surface area contributed by atoms with Crippen LogP contribution in [0.25, 0.3) is 0 Å². The number of amides is 2. The van der Waals surface area contributed by atoms with Crippen LogP contribution in [0.15, 0.2) is 89.8 Å². The highest BCUT2D eigenvalue weighted by molar-refractivity contribution is 7.92. The molecule has 0 saturated heterocycles. The quantitative estimate of drug-likeness (QED) is 0.429. The minimum absolute atomic E-state index is 0.0903. The van der Waals surface area contributed by atoms with Gasteiger partial charge in [-0.15, -0.1) is 0 Å². The molecule has 0 aromatic heterocycles. The van der Waals surface area contributed by atoms with Crippen LogP contribution in [0.2, 0.25) is 0 Å². The second kappa shape index (κ2) is 12.4. The SMILES string of the molecule is CCc1ccc(N(CC(=O)N(CCc2ccccc2)C(C)C(=O)NC)S(=O)(=O)c2ccccc2)cc1. The van der Waals surface area contributed by atoms with E-state index in [4.69, 9.17) is 0 Å². The van der Waals surface area contributed by atoms with E-state index in [9.17, 15) is 18.0 Å². The zero-order chi connectivity index (χ0) is 26.1. The van der Waals surface area contributed by atoms with Crippen LogP contribution in [0.3, 0.4) is 0 Å². The molecule has 0 fully saturated rings. The Morgan fingerprint density at radius 3 is 2.00 bits per heavy atom. The molecule has 8 heteroatoms. The van der Waals surface area contributed by atoms with E-state index in [0.717, 1.165) is 21.9 Å². The van der Waals surface area contributed by atoms with E-state index in [1.807, 2.05) is 49.4 Å². The first kappa shape index (κ1) is 26.9. The second-order valence-electron chi connectivity index (χ2n) is 8.46. The molecular weight excluding hydrogens is 474 g/mol. The van der Waals surface area contributed by atoms with Gasteiger partial charge in [-0.25, -0.2) is 8.42 Å². The van der Waals surface area contributed by atoms with E-state index in [1.54, 1.807) is 37.3 Å². The van der Waals surface area contributed by atoms with Gasteiger partial charge in [-0.2, -0.15) is 0 Å². The zero-order valence-electron chi connectivity index (χ0n) is 20.9. The zero-order valence-corrected chi connectivity index (χ0v) is 21.7. The van der Waals surface area contributed by atoms with Gasteiger partial charge in [0.25, 0.3) is 10.0 Å². The van der Waals surface area contributed by atoms with Crippen molar-refractivity contribution >= 4 is 27.5 Å². The van der Waals surface area contributed by atoms with E-state index < -0.39 is 28.5 Å². The normalized spacial score (nSPS) is 12.0. The minimum atomic E-state index is -4.04. The van der Waals surface area contributed by atoms with Crippen molar-refractivity contribution in [1.82, 2.24) is 10.2 Å². The Labute approximate surface area is 213 Å². The maximum Gasteiger partial charge on any atom is 0.264 e. The Hall–Kier alpha value is -3.65. The molecule has 1 atom stereocenters. The molecule has 36 heavy (non-hydrogen) atoms. The van der Waals surface area contributed by atoms with Crippen molar-refractivity contribution in [2.24, 2.45) is 0 Å². The van der Waals surface area contributed by atoms with Crippen LogP contribution in [0.5, 0.6) is 0 Å². The van der Waals surface area contributed by atoms with Crippen LogP contribution in [0.1, 0.15) is 25.0 Å². The highest BCUT2D eigenvalue weighted by atomic mass is 32.2. The predicted molar refractivity (Wildman–Crippen MR) is 142 cm³/mol. The first-order valence-electron chi connectivity index (χ1n) is 12.0. The van der Waals surface area contributed by atoms with Crippen LogP contribution in [0, 0.1) is 0 Å². The standard InChI is InChI=1S/C28H33N3O4S/c1-4-23-15-17-25(18-16-23)31(36(34,35)26-13-9-6-10-14-26)21-27(32)30(22(2)28(33)29-3)20-19-24-11-7-5-8-12-24/h5-18,22H,4,19-21H2,1-3H3,(H,29,33). The van der Waals surface area contributed by atoms with Gasteiger partial charge < -0.3 is 10.2 Å². The van der Waals surface area contributed by atoms with Gasteiger partial charge in [-0.05, 0) is 55.2 Å². The molecule has 1 N–H and O–H groups in total. The van der Waals surface area contributed by atoms with E-state index in [1.165, 1.54) is 24.1 Å². The van der Waals surface area contributed by atoms with Crippen LogP contribution < -0.4 is 9.62 Å². The van der Waals surface area contributed by atoms with Crippen molar-refractivity contribution in [2.75, 3.05) is 24.4 Å². The van der Waals surface area contributed by atoms with Crippen molar-refractivity contribution in [1.29, 1.82) is 0 Å². The van der Waals surface area contributed by atoms with Gasteiger partial charge >= 0.3 is 0 Å². The van der Waals surface area contributed by atoms with Gasteiger partial charge in [0.1, 0.15) is 12.6 Å². The molecule has 3 aromatic carbocycles. The lowest BCUT2D eigenvalue weighted by Gasteiger charge is -2.31. The molecule has 0 heterocycles. The van der Waals surface area contributed by atoms with Gasteiger partial charge in [0.15, 0.2) is 0 Å². The third-order valence-electron chi connectivity index (χ3n) is 6.14. The van der Waals surface area contributed by atoms with Crippen molar-refractivity contribution < 1.29 is 18.0 Å². The van der Waals surface area contributed by atoms with Crippen LogP contribution in [0.4, 0.5) is 5.69 Å². The lowest BCUT2D eigenvalue weighted by Crippen LogP contribution is -2.51. The monoisotopic (exact) mass is 507 g/mol. The number of sulfonamides is 1. The highest BCUT2D eigenvalue weighted by Crippen LogP contribution is 2.25. The number of nitrogens with one attached hydrogen (secondary N) is 1. The maximum atomic E-state index is 13.7. The summed E-state index contributed by atoms with van der Waals surface area (Å²) in [5, 5.41) is 2.59. The smallest absolute Gasteiger partial charge is 0.264 e. The summed E-state index contributed by atoms with van der Waals surface area (Å²) >= 11 is 0. The van der Waals surface area contributed by atoms with Crippen molar-refractivity contribution in [3.63, 3.8) is 0 Å². The number of rotatable bonds is 11. The lowest BCUT2D eigenvalue weighted by molar-refractivity contribution is -0.138. The summed E-state index contributed by atoms with van der Waals surface area (Å²) in [6, 6.07) is 24.1. The first-order valence-corrected chi connectivity index (χ1v) is 13.4. The molecular formula is C28H33N3O4S. The fourth-order valence-electron chi connectivity index (χ4n) is 3.93. The Bertz CT molecular complexity index is 1250.